The quantitative estimate of drug-likeness (QED) is 0.818. The zero-order valence-electron chi connectivity index (χ0n) is 9.34. The summed E-state index contributed by atoms with van der Waals surface area (Å²) in [5, 5.41) is 2.69. The second-order valence-corrected chi connectivity index (χ2v) is 3.60. The smallest absolute Gasteiger partial charge is 0.275 e. The molecule has 2 aromatic rings. The lowest BCUT2D eigenvalue weighted by Crippen LogP contribution is -2.15. The summed E-state index contributed by atoms with van der Waals surface area (Å²) in [5.41, 5.74) is 7.32. The van der Waals surface area contributed by atoms with Gasteiger partial charge in [-0.2, -0.15) is 0 Å². The molecule has 5 nitrogen and oxygen atoms in total. The Morgan fingerprint density at radius 1 is 1.35 bits per heavy atom. The third-order valence-electron chi connectivity index (χ3n) is 2.23. The van der Waals surface area contributed by atoms with Gasteiger partial charge >= 0.3 is 0 Å². The van der Waals surface area contributed by atoms with E-state index in [9.17, 15) is 4.79 Å². The standard InChI is InChI=1S/C12H12N4O/c1-8-6-9(13)7-15-11(8)16-12(17)10-4-2-3-5-14-10/h2-7H,13H2,1H3,(H,15,16,17). The van der Waals surface area contributed by atoms with Crippen LogP contribution in [0.1, 0.15) is 16.1 Å². The third kappa shape index (κ3) is 2.57. The molecule has 86 valence electrons. The minimum atomic E-state index is -0.286. The Balaban J connectivity index is 2.19. The van der Waals surface area contributed by atoms with Gasteiger partial charge in [0.25, 0.3) is 5.91 Å². The van der Waals surface area contributed by atoms with Gasteiger partial charge in [-0.05, 0) is 30.7 Å². The van der Waals surface area contributed by atoms with E-state index in [1.807, 2.05) is 6.92 Å². The molecule has 0 saturated carbocycles. The topological polar surface area (TPSA) is 80.9 Å². The molecule has 1 amide bonds. The third-order valence-corrected chi connectivity index (χ3v) is 2.23. The number of hydrogen-bond acceptors (Lipinski definition) is 4. The summed E-state index contributed by atoms with van der Waals surface area (Å²) in [6, 6.07) is 6.90. The van der Waals surface area contributed by atoms with E-state index >= 15 is 0 Å². The zero-order chi connectivity index (χ0) is 12.3. The molecule has 0 bridgehead atoms. The van der Waals surface area contributed by atoms with Crippen LogP contribution in [0.3, 0.4) is 0 Å². The van der Waals surface area contributed by atoms with Crippen LogP contribution in [-0.4, -0.2) is 15.9 Å². The van der Waals surface area contributed by atoms with Crippen LogP contribution in [0, 0.1) is 6.92 Å². The first-order valence-corrected chi connectivity index (χ1v) is 5.11. The Morgan fingerprint density at radius 2 is 2.18 bits per heavy atom. The number of aromatic nitrogens is 2. The van der Waals surface area contributed by atoms with Crippen molar-refractivity contribution in [1.29, 1.82) is 0 Å². The molecule has 2 rings (SSSR count). The molecule has 0 atom stereocenters. The molecule has 17 heavy (non-hydrogen) atoms. The molecule has 3 N–H and O–H groups in total. The fourth-order valence-electron chi connectivity index (χ4n) is 1.40. The normalized spacial score (nSPS) is 9.94. The molecule has 0 radical (unpaired) electrons. The van der Waals surface area contributed by atoms with Crippen molar-refractivity contribution in [2.45, 2.75) is 6.92 Å². The number of aryl methyl sites for hydroxylation is 1. The molecular formula is C12H12N4O. The molecule has 0 aliphatic rings. The maximum absolute atomic E-state index is 11.8. The van der Waals surface area contributed by atoms with E-state index in [1.165, 1.54) is 6.20 Å². The summed E-state index contributed by atoms with van der Waals surface area (Å²) in [6.07, 6.45) is 3.07. The van der Waals surface area contributed by atoms with Crippen molar-refractivity contribution in [3.63, 3.8) is 0 Å². The number of nitrogens with two attached hydrogens (primary N) is 1. The minimum Gasteiger partial charge on any atom is -0.397 e. The van der Waals surface area contributed by atoms with Crippen molar-refractivity contribution in [3.05, 3.63) is 47.9 Å². The Labute approximate surface area is 98.7 Å². The molecule has 0 unspecified atom stereocenters. The maximum Gasteiger partial charge on any atom is 0.275 e. The first kappa shape index (κ1) is 11.1. The fourth-order valence-corrected chi connectivity index (χ4v) is 1.40. The number of nitrogens with one attached hydrogen (secondary N) is 1. The first-order chi connectivity index (χ1) is 8.16. The first-order valence-electron chi connectivity index (χ1n) is 5.11. The maximum atomic E-state index is 11.8. The summed E-state index contributed by atoms with van der Waals surface area (Å²) in [7, 11) is 0. The van der Waals surface area contributed by atoms with E-state index < -0.39 is 0 Å². The summed E-state index contributed by atoms with van der Waals surface area (Å²) >= 11 is 0. The second kappa shape index (κ2) is 4.61. The highest BCUT2D eigenvalue weighted by Gasteiger charge is 2.09. The molecular weight excluding hydrogens is 216 g/mol. The van der Waals surface area contributed by atoms with E-state index in [0.717, 1.165) is 5.56 Å². The monoisotopic (exact) mass is 228 g/mol. The highest BCUT2D eigenvalue weighted by Crippen LogP contribution is 2.14. The fraction of sp³-hybridized carbons (Fsp3) is 0.0833. The van der Waals surface area contributed by atoms with Crippen molar-refractivity contribution in [3.8, 4) is 0 Å². The number of carbonyl (C=O) groups excluding carboxylic acids is 1. The van der Waals surface area contributed by atoms with Gasteiger partial charge in [0.05, 0.1) is 11.9 Å². The van der Waals surface area contributed by atoms with Crippen LogP contribution >= 0.6 is 0 Å². The molecule has 0 aromatic carbocycles. The van der Waals surface area contributed by atoms with Gasteiger partial charge in [0.1, 0.15) is 11.5 Å². The Hall–Kier alpha value is -2.43. The van der Waals surface area contributed by atoms with E-state index in [0.29, 0.717) is 17.2 Å². The van der Waals surface area contributed by atoms with Crippen LogP contribution < -0.4 is 11.1 Å². The Bertz CT molecular complexity index is 539. The number of amides is 1. The number of hydrogen-bond donors (Lipinski definition) is 2. The molecule has 5 heteroatoms. The molecule has 0 spiro atoms. The lowest BCUT2D eigenvalue weighted by atomic mass is 10.2. The summed E-state index contributed by atoms with van der Waals surface area (Å²) < 4.78 is 0. The molecule has 0 saturated heterocycles. The number of carbonyl (C=O) groups is 1. The van der Waals surface area contributed by atoms with Crippen LogP contribution in [0.4, 0.5) is 11.5 Å². The van der Waals surface area contributed by atoms with E-state index in [1.54, 1.807) is 30.5 Å². The van der Waals surface area contributed by atoms with Gasteiger partial charge in [-0.15, -0.1) is 0 Å². The Kier molecular flexibility index (Phi) is 3.00. The number of pyridine rings is 2. The Morgan fingerprint density at radius 3 is 2.82 bits per heavy atom. The minimum absolute atomic E-state index is 0.286. The van der Waals surface area contributed by atoms with Crippen LogP contribution in [0.25, 0.3) is 0 Å². The van der Waals surface area contributed by atoms with E-state index in [4.69, 9.17) is 5.73 Å². The average molecular weight is 228 g/mol. The van der Waals surface area contributed by atoms with Gasteiger partial charge in [0.15, 0.2) is 0 Å². The number of rotatable bonds is 2. The zero-order valence-corrected chi connectivity index (χ0v) is 9.34. The predicted octanol–water partition coefficient (Wildman–Crippen LogP) is 1.62. The van der Waals surface area contributed by atoms with Gasteiger partial charge in [-0.1, -0.05) is 6.07 Å². The SMILES string of the molecule is Cc1cc(N)cnc1NC(=O)c1ccccn1. The van der Waals surface area contributed by atoms with Crippen LogP contribution in [-0.2, 0) is 0 Å². The van der Waals surface area contributed by atoms with E-state index in [-0.39, 0.29) is 5.91 Å². The largest absolute Gasteiger partial charge is 0.397 e. The summed E-state index contributed by atoms with van der Waals surface area (Å²) in [6.45, 7) is 1.83. The van der Waals surface area contributed by atoms with Crippen molar-refractivity contribution in [1.82, 2.24) is 9.97 Å². The molecule has 0 aliphatic heterocycles. The number of anilines is 2. The highest BCUT2D eigenvalue weighted by molar-refractivity contribution is 6.02. The van der Waals surface area contributed by atoms with Crippen LogP contribution in [0.5, 0.6) is 0 Å². The van der Waals surface area contributed by atoms with Gasteiger partial charge in [-0.25, -0.2) is 4.98 Å². The van der Waals surface area contributed by atoms with Crippen molar-refractivity contribution in [2.75, 3.05) is 11.1 Å². The van der Waals surface area contributed by atoms with Crippen LogP contribution in [0.2, 0.25) is 0 Å². The summed E-state index contributed by atoms with van der Waals surface area (Å²) in [4.78, 5) is 19.8. The number of nitrogen functional groups attached to an aromatic ring is 1. The predicted molar refractivity (Wildman–Crippen MR) is 65.6 cm³/mol. The van der Waals surface area contributed by atoms with E-state index in [2.05, 4.69) is 15.3 Å². The molecule has 0 aliphatic carbocycles. The highest BCUT2D eigenvalue weighted by atomic mass is 16.1. The average Bonchev–Trinajstić information content (AvgIpc) is 2.34. The molecule has 2 heterocycles. The lowest BCUT2D eigenvalue weighted by Gasteiger charge is -2.07. The van der Waals surface area contributed by atoms with Crippen LogP contribution in [0.15, 0.2) is 36.7 Å². The molecule has 2 aromatic heterocycles. The van der Waals surface area contributed by atoms with Gasteiger partial charge < -0.3 is 11.1 Å². The van der Waals surface area contributed by atoms with Crippen molar-refractivity contribution >= 4 is 17.4 Å². The second-order valence-electron chi connectivity index (χ2n) is 3.60. The number of nitrogens with zero attached hydrogens (tertiary/aromatic N) is 2. The van der Waals surface area contributed by atoms with Crippen molar-refractivity contribution in [2.24, 2.45) is 0 Å². The van der Waals surface area contributed by atoms with Gasteiger partial charge in [0, 0.05) is 6.20 Å². The molecule has 0 fully saturated rings. The van der Waals surface area contributed by atoms with Gasteiger partial charge in [0.2, 0.25) is 0 Å². The van der Waals surface area contributed by atoms with Crippen molar-refractivity contribution < 1.29 is 4.79 Å². The van der Waals surface area contributed by atoms with Gasteiger partial charge in [-0.3, -0.25) is 9.78 Å². The summed E-state index contributed by atoms with van der Waals surface area (Å²) in [5.74, 6) is 0.209. The lowest BCUT2D eigenvalue weighted by molar-refractivity contribution is 0.102.